The van der Waals surface area contributed by atoms with Crippen molar-refractivity contribution in [3.05, 3.63) is 64.3 Å². The number of nitrogens with zero attached hydrogens (tertiary/aromatic N) is 5. The molecule has 3 aromatic heterocycles. The van der Waals surface area contributed by atoms with Crippen molar-refractivity contribution < 1.29 is 4.79 Å². The van der Waals surface area contributed by atoms with Crippen LogP contribution in [0.4, 0.5) is 0 Å². The Kier molecular flexibility index (Phi) is 4.02. The molecule has 0 aliphatic rings. The summed E-state index contributed by atoms with van der Waals surface area (Å²) in [5, 5.41) is 12.4. The molecule has 8 heteroatoms. The van der Waals surface area contributed by atoms with Gasteiger partial charge in [0.25, 0.3) is 5.91 Å². The summed E-state index contributed by atoms with van der Waals surface area (Å²) >= 11 is 0. The molecule has 0 spiro atoms. The van der Waals surface area contributed by atoms with Gasteiger partial charge in [-0.1, -0.05) is 18.2 Å². The molecule has 1 N–H and O–H groups in total. The average molecular weight is 364 g/mol. The Bertz CT molecular complexity index is 1220. The Balaban J connectivity index is 1.66. The molecule has 27 heavy (non-hydrogen) atoms. The lowest BCUT2D eigenvalue weighted by Crippen LogP contribution is -2.39. The Labute approximate surface area is 155 Å². The zero-order chi connectivity index (χ0) is 19.1. The van der Waals surface area contributed by atoms with Gasteiger partial charge in [0.05, 0.1) is 12.1 Å². The van der Waals surface area contributed by atoms with Gasteiger partial charge in [-0.05, 0) is 43.0 Å². The molecule has 8 nitrogen and oxygen atoms in total. The Morgan fingerprint density at radius 2 is 2.04 bits per heavy atom. The van der Waals surface area contributed by atoms with Gasteiger partial charge in [-0.25, -0.2) is 13.9 Å². The maximum absolute atomic E-state index is 12.9. The minimum atomic E-state index is -0.276. The number of nitrogens with one attached hydrogen (secondary N) is 1. The number of carbonyl (C=O) groups is 1. The second kappa shape index (κ2) is 6.39. The van der Waals surface area contributed by atoms with E-state index in [-0.39, 0.29) is 24.2 Å². The number of pyridine rings is 1. The van der Waals surface area contributed by atoms with Crippen LogP contribution in [0.15, 0.2) is 47.4 Å². The van der Waals surface area contributed by atoms with Crippen LogP contribution in [0.1, 0.15) is 23.0 Å². The number of para-hydroxylation sites is 1. The molecule has 138 valence electrons. The smallest absolute Gasteiger partial charge is 0.346 e. The van der Waals surface area contributed by atoms with Crippen molar-refractivity contribution in [3.63, 3.8) is 0 Å². The summed E-state index contributed by atoms with van der Waals surface area (Å²) in [6, 6.07) is 11.1. The number of hydrogen-bond donors (Lipinski definition) is 1. The second-order valence-corrected chi connectivity index (χ2v) is 6.72. The van der Waals surface area contributed by atoms with Gasteiger partial charge in [0.15, 0.2) is 5.65 Å². The quantitative estimate of drug-likeness (QED) is 0.595. The third kappa shape index (κ3) is 2.88. The highest BCUT2D eigenvalue weighted by atomic mass is 16.2. The Morgan fingerprint density at radius 1 is 1.26 bits per heavy atom. The monoisotopic (exact) mass is 364 g/mol. The average Bonchev–Trinajstić information content (AvgIpc) is 3.20. The highest BCUT2D eigenvalue weighted by Crippen LogP contribution is 2.18. The van der Waals surface area contributed by atoms with Gasteiger partial charge in [-0.3, -0.25) is 9.48 Å². The zero-order valence-corrected chi connectivity index (χ0v) is 15.4. The van der Waals surface area contributed by atoms with E-state index in [2.05, 4.69) is 15.5 Å². The highest BCUT2D eigenvalue weighted by Gasteiger charge is 2.17. The summed E-state index contributed by atoms with van der Waals surface area (Å²) < 4.78 is 4.54. The number of carbonyl (C=O) groups excluding carboxylic acids is 1. The number of benzene rings is 1. The SMILES string of the molecule is Cc1cc2ccccc2n2c(=O)n(C[C@H](C)NC(=O)c3ccnn3C)nc12. The van der Waals surface area contributed by atoms with Gasteiger partial charge in [0, 0.05) is 19.3 Å². The minimum absolute atomic E-state index is 0.216. The predicted octanol–water partition coefficient (Wildman–Crippen LogP) is 1.51. The largest absolute Gasteiger partial charge is 0.350 e. The minimum Gasteiger partial charge on any atom is -0.346 e. The first kappa shape index (κ1) is 17.0. The third-order valence-corrected chi connectivity index (χ3v) is 4.62. The van der Waals surface area contributed by atoms with E-state index >= 15 is 0 Å². The van der Waals surface area contributed by atoms with E-state index in [9.17, 15) is 9.59 Å². The van der Waals surface area contributed by atoms with Crippen molar-refractivity contribution >= 4 is 22.5 Å². The van der Waals surface area contributed by atoms with Crippen LogP contribution in [0, 0.1) is 6.92 Å². The molecule has 4 aromatic rings. The lowest BCUT2D eigenvalue weighted by Gasteiger charge is -2.13. The van der Waals surface area contributed by atoms with Crippen LogP contribution in [0.2, 0.25) is 0 Å². The first-order valence-electron chi connectivity index (χ1n) is 8.72. The molecule has 0 radical (unpaired) electrons. The highest BCUT2D eigenvalue weighted by molar-refractivity contribution is 5.92. The molecular formula is C19H20N6O2. The van der Waals surface area contributed by atoms with Crippen molar-refractivity contribution in [1.29, 1.82) is 0 Å². The molecular weight excluding hydrogens is 344 g/mol. The van der Waals surface area contributed by atoms with E-state index in [1.165, 1.54) is 9.36 Å². The van der Waals surface area contributed by atoms with Gasteiger partial charge in [-0.2, -0.15) is 5.10 Å². The standard InChI is InChI=1S/C19H20N6O2/c1-12-10-14-6-4-5-7-15(14)25-17(12)22-24(19(25)27)11-13(2)21-18(26)16-8-9-20-23(16)3/h4-10,13H,11H2,1-3H3,(H,21,26)/t13-/m0/s1. The molecule has 0 unspecified atom stereocenters. The first-order chi connectivity index (χ1) is 13.0. The normalized spacial score (nSPS) is 12.6. The molecule has 0 aliphatic heterocycles. The first-order valence-corrected chi connectivity index (χ1v) is 8.72. The van der Waals surface area contributed by atoms with Crippen LogP contribution in [0.3, 0.4) is 0 Å². The lowest BCUT2D eigenvalue weighted by atomic mass is 10.1. The second-order valence-electron chi connectivity index (χ2n) is 6.72. The molecule has 0 saturated heterocycles. The third-order valence-electron chi connectivity index (χ3n) is 4.62. The van der Waals surface area contributed by atoms with E-state index in [1.807, 2.05) is 44.2 Å². The molecule has 1 atom stereocenters. The fourth-order valence-corrected chi connectivity index (χ4v) is 3.31. The fourth-order valence-electron chi connectivity index (χ4n) is 3.31. The van der Waals surface area contributed by atoms with Crippen molar-refractivity contribution in [1.82, 2.24) is 29.3 Å². The van der Waals surface area contributed by atoms with E-state index in [0.29, 0.717) is 11.3 Å². The zero-order valence-electron chi connectivity index (χ0n) is 15.4. The van der Waals surface area contributed by atoms with Crippen LogP contribution < -0.4 is 11.0 Å². The van der Waals surface area contributed by atoms with E-state index in [1.54, 1.807) is 23.7 Å². The van der Waals surface area contributed by atoms with E-state index < -0.39 is 0 Å². The summed E-state index contributed by atoms with van der Waals surface area (Å²) in [5.41, 5.74) is 2.62. The molecule has 0 fully saturated rings. The van der Waals surface area contributed by atoms with Gasteiger partial charge < -0.3 is 5.32 Å². The summed E-state index contributed by atoms with van der Waals surface area (Å²) in [4.78, 5) is 25.3. The van der Waals surface area contributed by atoms with Gasteiger partial charge in [0.1, 0.15) is 5.69 Å². The molecule has 0 aliphatic carbocycles. The van der Waals surface area contributed by atoms with E-state index in [0.717, 1.165) is 16.5 Å². The lowest BCUT2D eigenvalue weighted by molar-refractivity contribution is 0.0926. The summed E-state index contributed by atoms with van der Waals surface area (Å²) in [7, 11) is 1.71. The van der Waals surface area contributed by atoms with E-state index in [4.69, 9.17) is 0 Å². The molecule has 1 aromatic carbocycles. The Hall–Kier alpha value is -3.42. The summed E-state index contributed by atoms with van der Waals surface area (Å²) in [6.45, 7) is 4.06. The number of hydrogen-bond acceptors (Lipinski definition) is 4. The number of rotatable bonds is 4. The van der Waals surface area contributed by atoms with Crippen molar-refractivity contribution in [2.24, 2.45) is 7.05 Å². The van der Waals surface area contributed by atoms with Crippen LogP contribution in [-0.4, -0.2) is 35.9 Å². The molecule has 0 saturated carbocycles. The molecule has 1 amide bonds. The van der Waals surface area contributed by atoms with Crippen molar-refractivity contribution in [3.8, 4) is 0 Å². The molecule has 3 heterocycles. The van der Waals surface area contributed by atoms with Crippen molar-refractivity contribution in [2.75, 3.05) is 0 Å². The van der Waals surface area contributed by atoms with Gasteiger partial charge in [-0.15, -0.1) is 5.10 Å². The number of aromatic nitrogens is 5. The number of aryl methyl sites for hydroxylation is 2. The summed E-state index contributed by atoms with van der Waals surface area (Å²) in [5.74, 6) is -0.235. The maximum Gasteiger partial charge on any atom is 0.350 e. The summed E-state index contributed by atoms with van der Waals surface area (Å²) in [6.07, 6.45) is 1.57. The molecule has 0 bridgehead atoms. The van der Waals surface area contributed by atoms with Crippen LogP contribution in [0.5, 0.6) is 0 Å². The molecule has 4 rings (SSSR count). The van der Waals surface area contributed by atoms with Crippen LogP contribution in [-0.2, 0) is 13.6 Å². The predicted molar refractivity (Wildman–Crippen MR) is 102 cm³/mol. The van der Waals surface area contributed by atoms with Crippen molar-refractivity contribution in [2.45, 2.75) is 26.4 Å². The Morgan fingerprint density at radius 3 is 2.78 bits per heavy atom. The van der Waals surface area contributed by atoms with Crippen LogP contribution >= 0.6 is 0 Å². The van der Waals surface area contributed by atoms with Crippen LogP contribution in [0.25, 0.3) is 16.6 Å². The maximum atomic E-state index is 12.9. The fraction of sp³-hybridized carbons (Fsp3) is 0.263. The topological polar surface area (TPSA) is 86.2 Å². The number of fused-ring (bicyclic) bond motifs is 3. The van der Waals surface area contributed by atoms with Gasteiger partial charge >= 0.3 is 5.69 Å². The number of amides is 1. The van der Waals surface area contributed by atoms with Gasteiger partial charge in [0.2, 0.25) is 0 Å².